The van der Waals surface area contributed by atoms with Crippen molar-refractivity contribution in [1.29, 1.82) is 0 Å². The summed E-state index contributed by atoms with van der Waals surface area (Å²) in [6.07, 6.45) is 3.43. The van der Waals surface area contributed by atoms with Gasteiger partial charge in [-0.3, -0.25) is 14.7 Å². The number of ether oxygens (including phenoxy) is 1. The van der Waals surface area contributed by atoms with E-state index in [1.807, 2.05) is 24.3 Å². The lowest BCUT2D eigenvalue weighted by Crippen LogP contribution is -2.02. The van der Waals surface area contributed by atoms with Crippen LogP contribution in [-0.4, -0.2) is 21.6 Å². The monoisotopic (exact) mass is 310 g/mol. The maximum absolute atomic E-state index is 10.7. The molecule has 23 heavy (non-hydrogen) atoms. The third-order valence-corrected chi connectivity index (χ3v) is 3.33. The number of imidazole rings is 1. The van der Waals surface area contributed by atoms with E-state index in [2.05, 4.69) is 10.3 Å². The first-order chi connectivity index (χ1) is 11.2. The molecule has 0 unspecified atom stereocenters. The second-order valence-corrected chi connectivity index (χ2v) is 4.72. The lowest BCUT2D eigenvalue weighted by atomic mass is 10.3. The molecule has 0 aliphatic heterocycles. The van der Waals surface area contributed by atoms with Gasteiger partial charge in [0.05, 0.1) is 17.7 Å². The van der Waals surface area contributed by atoms with E-state index in [4.69, 9.17) is 4.74 Å². The van der Waals surface area contributed by atoms with E-state index in [9.17, 15) is 10.1 Å². The summed E-state index contributed by atoms with van der Waals surface area (Å²) in [5.41, 5.74) is 1.60. The molecule has 0 spiro atoms. The maximum atomic E-state index is 10.7. The minimum absolute atomic E-state index is 0.0492. The number of nitrogens with zero attached hydrogens (tertiary/aromatic N) is 3. The number of hydrogen-bond donors (Lipinski definition) is 1. The maximum Gasteiger partial charge on any atom is 0.269 e. The first-order valence-electron chi connectivity index (χ1n) is 6.87. The Morgan fingerprint density at radius 2 is 1.91 bits per heavy atom. The molecule has 7 nitrogen and oxygen atoms in total. The van der Waals surface area contributed by atoms with Gasteiger partial charge in [-0.15, -0.1) is 0 Å². The molecule has 3 rings (SSSR count). The summed E-state index contributed by atoms with van der Waals surface area (Å²) in [4.78, 5) is 14.6. The molecule has 1 N–H and O–H groups in total. The van der Waals surface area contributed by atoms with Gasteiger partial charge in [-0.1, -0.05) is 12.1 Å². The van der Waals surface area contributed by atoms with Gasteiger partial charge >= 0.3 is 0 Å². The van der Waals surface area contributed by atoms with Crippen LogP contribution in [0.15, 0.2) is 60.9 Å². The van der Waals surface area contributed by atoms with E-state index >= 15 is 0 Å². The van der Waals surface area contributed by atoms with Gasteiger partial charge in [-0.25, -0.2) is 4.98 Å². The van der Waals surface area contributed by atoms with Crippen LogP contribution in [0.25, 0.3) is 5.69 Å². The highest BCUT2D eigenvalue weighted by Gasteiger charge is 2.10. The van der Waals surface area contributed by atoms with Crippen molar-refractivity contribution < 1.29 is 9.66 Å². The molecule has 0 amide bonds. The molecule has 0 radical (unpaired) electrons. The van der Waals surface area contributed by atoms with Crippen molar-refractivity contribution in [3.05, 3.63) is 71.0 Å². The van der Waals surface area contributed by atoms with Crippen LogP contribution in [0.3, 0.4) is 0 Å². The van der Waals surface area contributed by atoms with E-state index in [0.29, 0.717) is 11.7 Å². The van der Waals surface area contributed by atoms with Gasteiger partial charge < -0.3 is 10.1 Å². The molecule has 0 saturated heterocycles. The molecule has 0 atom stereocenters. The van der Waals surface area contributed by atoms with Gasteiger partial charge in [0.25, 0.3) is 5.69 Å². The lowest BCUT2D eigenvalue weighted by Gasteiger charge is -2.12. The number of hydrogen-bond acceptors (Lipinski definition) is 5. The van der Waals surface area contributed by atoms with E-state index < -0.39 is 4.92 Å². The van der Waals surface area contributed by atoms with Crippen LogP contribution in [0, 0.1) is 10.1 Å². The largest absolute Gasteiger partial charge is 0.495 e. The van der Waals surface area contributed by atoms with Gasteiger partial charge in [0.1, 0.15) is 5.75 Å². The smallest absolute Gasteiger partial charge is 0.269 e. The molecular weight excluding hydrogens is 296 g/mol. The van der Waals surface area contributed by atoms with Crippen LogP contribution in [0.2, 0.25) is 0 Å². The van der Waals surface area contributed by atoms with Crippen LogP contribution in [0.1, 0.15) is 0 Å². The molecule has 3 aromatic rings. The Kier molecular flexibility index (Phi) is 3.92. The summed E-state index contributed by atoms with van der Waals surface area (Å²) in [6.45, 7) is 0. The zero-order valence-electron chi connectivity index (χ0n) is 12.3. The third-order valence-electron chi connectivity index (χ3n) is 3.33. The topological polar surface area (TPSA) is 82.2 Å². The fraction of sp³-hybridized carbons (Fsp3) is 0.0625. The van der Waals surface area contributed by atoms with Gasteiger partial charge in [-0.2, -0.15) is 0 Å². The molecule has 116 valence electrons. The van der Waals surface area contributed by atoms with E-state index in [1.54, 1.807) is 36.2 Å². The number of nitro benzene ring substituents is 1. The number of nitrogens with one attached hydrogen (secondary N) is 1. The molecule has 7 heteroatoms. The standard InChI is InChI=1S/C16H14N4O3/c1-23-15-5-3-2-4-14(15)18-16-17-10-11-19(16)12-6-8-13(9-7-12)20(21)22/h2-11H,1H3,(H,17,18). The summed E-state index contributed by atoms with van der Waals surface area (Å²) in [6, 6.07) is 13.8. The molecule has 2 aromatic carbocycles. The second-order valence-electron chi connectivity index (χ2n) is 4.72. The van der Waals surface area contributed by atoms with Gasteiger partial charge in [0.15, 0.2) is 0 Å². The van der Waals surface area contributed by atoms with E-state index in [0.717, 1.165) is 11.4 Å². The Morgan fingerprint density at radius 1 is 1.17 bits per heavy atom. The third kappa shape index (κ3) is 2.98. The molecule has 0 aliphatic carbocycles. The lowest BCUT2D eigenvalue weighted by molar-refractivity contribution is -0.384. The zero-order valence-corrected chi connectivity index (χ0v) is 12.3. The molecule has 0 aliphatic rings. The number of aromatic nitrogens is 2. The minimum Gasteiger partial charge on any atom is -0.495 e. The summed E-state index contributed by atoms with van der Waals surface area (Å²) < 4.78 is 7.11. The van der Waals surface area contributed by atoms with E-state index in [1.165, 1.54) is 12.1 Å². The van der Waals surface area contributed by atoms with Crippen molar-refractivity contribution >= 4 is 17.3 Å². The quantitative estimate of drug-likeness (QED) is 0.576. The van der Waals surface area contributed by atoms with Crippen LogP contribution in [0.5, 0.6) is 5.75 Å². The summed E-state index contributed by atoms with van der Waals surface area (Å²) >= 11 is 0. The number of non-ortho nitro benzene ring substituents is 1. The van der Waals surface area contributed by atoms with Crippen molar-refractivity contribution in [2.75, 3.05) is 12.4 Å². The average molecular weight is 310 g/mol. The highest BCUT2D eigenvalue weighted by Crippen LogP contribution is 2.27. The van der Waals surface area contributed by atoms with Gasteiger partial charge in [-0.05, 0) is 24.3 Å². The zero-order chi connectivity index (χ0) is 16.2. The Balaban J connectivity index is 1.92. The van der Waals surface area contributed by atoms with Crippen LogP contribution < -0.4 is 10.1 Å². The average Bonchev–Trinajstić information content (AvgIpc) is 3.03. The minimum atomic E-state index is -0.425. The Morgan fingerprint density at radius 3 is 2.61 bits per heavy atom. The fourth-order valence-electron chi connectivity index (χ4n) is 2.21. The summed E-state index contributed by atoms with van der Waals surface area (Å²) in [5, 5.41) is 13.9. The van der Waals surface area contributed by atoms with Crippen molar-refractivity contribution in [3.63, 3.8) is 0 Å². The van der Waals surface area contributed by atoms with Crippen molar-refractivity contribution in [2.45, 2.75) is 0 Å². The highest BCUT2D eigenvalue weighted by molar-refractivity contribution is 5.63. The van der Waals surface area contributed by atoms with Crippen LogP contribution in [-0.2, 0) is 0 Å². The van der Waals surface area contributed by atoms with Gasteiger partial charge in [0.2, 0.25) is 5.95 Å². The van der Waals surface area contributed by atoms with Crippen molar-refractivity contribution in [2.24, 2.45) is 0 Å². The predicted octanol–water partition coefficient (Wildman–Crippen LogP) is 3.53. The SMILES string of the molecule is COc1ccccc1Nc1nccn1-c1ccc([N+](=O)[O-])cc1. The molecule has 1 aromatic heterocycles. The molecular formula is C16H14N4O3. The highest BCUT2D eigenvalue weighted by atomic mass is 16.6. The first-order valence-corrected chi connectivity index (χ1v) is 6.87. The van der Waals surface area contributed by atoms with Crippen molar-refractivity contribution in [1.82, 2.24) is 9.55 Å². The van der Waals surface area contributed by atoms with E-state index in [-0.39, 0.29) is 5.69 Å². The molecule has 0 bridgehead atoms. The number of nitro groups is 1. The molecule has 0 saturated carbocycles. The normalized spacial score (nSPS) is 10.3. The Hall–Kier alpha value is -3.35. The number of anilines is 2. The predicted molar refractivity (Wildman–Crippen MR) is 86.5 cm³/mol. The Labute approximate surface area is 132 Å². The first kappa shape index (κ1) is 14.6. The number of para-hydroxylation sites is 2. The van der Waals surface area contributed by atoms with Crippen LogP contribution >= 0.6 is 0 Å². The summed E-state index contributed by atoms with van der Waals surface area (Å²) in [7, 11) is 1.60. The summed E-state index contributed by atoms with van der Waals surface area (Å²) in [5.74, 6) is 1.29. The molecule has 0 fully saturated rings. The second kappa shape index (κ2) is 6.18. The molecule has 1 heterocycles. The number of rotatable bonds is 5. The number of benzene rings is 2. The fourth-order valence-corrected chi connectivity index (χ4v) is 2.21. The van der Waals surface area contributed by atoms with Gasteiger partial charge in [0, 0.05) is 30.2 Å². The van der Waals surface area contributed by atoms with Crippen LogP contribution in [0.4, 0.5) is 17.3 Å². The van der Waals surface area contributed by atoms with Crippen molar-refractivity contribution in [3.8, 4) is 11.4 Å². The Bertz CT molecular complexity index is 827. The number of methoxy groups -OCH3 is 1.